The number of nitrogens with one attached hydrogen (secondary N) is 3. The Morgan fingerprint density at radius 1 is 1.11 bits per heavy atom. The van der Waals surface area contributed by atoms with Gasteiger partial charge in [0.05, 0.1) is 35.4 Å². The molecule has 0 radical (unpaired) electrons. The summed E-state index contributed by atoms with van der Waals surface area (Å²) in [5, 5.41) is 10.8. The zero-order valence-electron chi connectivity index (χ0n) is 20.0. The number of hydrogen-bond acceptors (Lipinski definition) is 6. The van der Waals surface area contributed by atoms with Crippen LogP contribution in [0.15, 0.2) is 65.9 Å². The van der Waals surface area contributed by atoms with Crippen LogP contribution in [0.1, 0.15) is 20.3 Å². The number of halogens is 1. The number of carbonyl (C=O) groups excluding carboxylic acids is 1. The summed E-state index contributed by atoms with van der Waals surface area (Å²) in [7, 11) is 0. The Hall–Kier alpha value is -4.86. The monoisotopic (exact) mass is 495 g/mol. The normalized spacial score (nSPS) is 11.6. The van der Waals surface area contributed by atoms with E-state index >= 15 is 4.39 Å². The highest BCUT2D eigenvalue weighted by Gasteiger charge is 2.19. The van der Waals surface area contributed by atoms with Crippen LogP contribution in [0.4, 0.5) is 10.1 Å². The lowest BCUT2D eigenvalue weighted by molar-refractivity contribution is -0.116. The van der Waals surface area contributed by atoms with Gasteiger partial charge in [-0.2, -0.15) is 5.10 Å². The van der Waals surface area contributed by atoms with Crippen molar-refractivity contribution in [3.05, 3.63) is 67.3 Å². The fraction of sp³-hybridized carbons (Fsp3) is 0.148. The number of amides is 1. The molecular formula is C27H22FN7O2. The summed E-state index contributed by atoms with van der Waals surface area (Å²) in [5.41, 5.74) is 5.39. The smallest absolute Gasteiger partial charge is 0.224 e. The third-order valence-corrected chi connectivity index (χ3v) is 6.00. The van der Waals surface area contributed by atoms with Gasteiger partial charge in [0.1, 0.15) is 22.7 Å². The number of anilines is 1. The van der Waals surface area contributed by atoms with Crippen molar-refractivity contribution in [1.29, 1.82) is 0 Å². The molecule has 5 heterocycles. The molecule has 0 saturated carbocycles. The second-order valence-electron chi connectivity index (χ2n) is 9.21. The summed E-state index contributed by atoms with van der Waals surface area (Å²) >= 11 is 0. The Balaban J connectivity index is 1.41. The van der Waals surface area contributed by atoms with E-state index in [1.54, 1.807) is 43.2 Å². The predicted molar refractivity (Wildman–Crippen MR) is 138 cm³/mol. The number of pyridine rings is 2. The summed E-state index contributed by atoms with van der Waals surface area (Å²) < 4.78 is 20.4. The van der Waals surface area contributed by atoms with Gasteiger partial charge in [-0.25, -0.2) is 9.37 Å². The van der Waals surface area contributed by atoms with Crippen molar-refractivity contribution < 1.29 is 13.6 Å². The second kappa shape index (κ2) is 8.98. The molecule has 37 heavy (non-hydrogen) atoms. The number of hydrogen-bond donors (Lipinski definition) is 3. The highest BCUT2D eigenvalue weighted by atomic mass is 19.1. The van der Waals surface area contributed by atoms with Gasteiger partial charge in [0.25, 0.3) is 0 Å². The molecule has 10 heteroatoms. The summed E-state index contributed by atoms with van der Waals surface area (Å²) in [4.78, 5) is 28.9. The molecule has 0 atom stereocenters. The SMILES string of the molecule is CC(C)CC(=O)Nc1cncc(-c2cc3c(-c4nc5c(-c6ccoc6)nccc5[nH]4)n[nH]c3cc2F)c1. The van der Waals surface area contributed by atoms with Crippen molar-refractivity contribution in [2.24, 2.45) is 5.92 Å². The molecule has 1 aromatic carbocycles. The summed E-state index contributed by atoms with van der Waals surface area (Å²) in [5.74, 6) is 0.187. The van der Waals surface area contributed by atoms with Gasteiger partial charge in [0.15, 0.2) is 5.82 Å². The van der Waals surface area contributed by atoms with E-state index in [2.05, 4.69) is 30.5 Å². The quantitative estimate of drug-likeness (QED) is 0.262. The lowest BCUT2D eigenvalue weighted by Crippen LogP contribution is -2.14. The van der Waals surface area contributed by atoms with Gasteiger partial charge >= 0.3 is 0 Å². The van der Waals surface area contributed by atoms with Crippen LogP contribution in [-0.2, 0) is 4.79 Å². The molecule has 0 unspecified atom stereocenters. The van der Waals surface area contributed by atoms with Crippen molar-refractivity contribution >= 4 is 33.5 Å². The number of carbonyl (C=O) groups is 1. The Kier molecular flexibility index (Phi) is 5.48. The summed E-state index contributed by atoms with van der Waals surface area (Å²) in [6.07, 6.45) is 8.39. The van der Waals surface area contributed by atoms with Gasteiger partial charge in [-0.3, -0.25) is 19.9 Å². The Morgan fingerprint density at radius 3 is 2.81 bits per heavy atom. The molecule has 0 bridgehead atoms. The van der Waals surface area contributed by atoms with Crippen molar-refractivity contribution in [3.63, 3.8) is 0 Å². The number of aromatic amines is 2. The van der Waals surface area contributed by atoms with Gasteiger partial charge in [-0.1, -0.05) is 13.8 Å². The minimum absolute atomic E-state index is 0.115. The van der Waals surface area contributed by atoms with E-state index in [0.29, 0.717) is 56.9 Å². The molecule has 1 amide bonds. The number of benzene rings is 1. The van der Waals surface area contributed by atoms with Crippen LogP contribution < -0.4 is 5.32 Å². The average Bonchev–Trinajstić information content (AvgIpc) is 3.62. The maximum absolute atomic E-state index is 15.2. The van der Waals surface area contributed by atoms with Crippen molar-refractivity contribution in [3.8, 4) is 33.9 Å². The maximum Gasteiger partial charge on any atom is 0.224 e. The zero-order chi connectivity index (χ0) is 25.5. The lowest BCUT2D eigenvalue weighted by Gasteiger charge is -2.09. The minimum atomic E-state index is -0.439. The van der Waals surface area contributed by atoms with Gasteiger partial charge in [0, 0.05) is 47.0 Å². The fourth-order valence-electron chi connectivity index (χ4n) is 4.34. The molecule has 0 spiro atoms. The van der Waals surface area contributed by atoms with Crippen LogP contribution in [0.2, 0.25) is 0 Å². The molecule has 6 aromatic rings. The number of fused-ring (bicyclic) bond motifs is 2. The van der Waals surface area contributed by atoms with Crippen LogP contribution in [0.25, 0.3) is 55.8 Å². The van der Waals surface area contributed by atoms with Crippen molar-refractivity contribution in [2.45, 2.75) is 20.3 Å². The largest absolute Gasteiger partial charge is 0.472 e. The van der Waals surface area contributed by atoms with E-state index in [4.69, 9.17) is 9.40 Å². The molecule has 0 fully saturated rings. The first-order valence-corrected chi connectivity index (χ1v) is 11.8. The average molecular weight is 496 g/mol. The van der Waals surface area contributed by atoms with E-state index < -0.39 is 5.82 Å². The first-order valence-electron chi connectivity index (χ1n) is 11.8. The predicted octanol–water partition coefficient (Wildman–Crippen LogP) is 5.95. The topological polar surface area (TPSA) is 125 Å². The number of H-pyrrole nitrogens is 2. The molecule has 0 aliphatic carbocycles. The van der Waals surface area contributed by atoms with E-state index in [1.807, 2.05) is 26.0 Å². The summed E-state index contributed by atoms with van der Waals surface area (Å²) in [6.45, 7) is 3.94. The molecule has 6 rings (SSSR count). The second-order valence-corrected chi connectivity index (χ2v) is 9.21. The molecule has 184 valence electrons. The Bertz CT molecular complexity index is 1750. The minimum Gasteiger partial charge on any atom is -0.472 e. The Morgan fingerprint density at radius 2 is 2.00 bits per heavy atom. The van der Waals surface area contributed by atoms with E-state index in [-0.39, 0.29) is 11.8 Å². The molecule has 3 N–H and O–H groups in total. The van der Waals surface area contributed by atoms with Crippen LogP contribution in [0.3, 0.4) is 0 Å². The van der Waals surface area contributed by atoms with E-state index in [0.717, 1.165) is 11.1 Å². The first kappa shape index (κ1) is 22.6. The lowest BCUT2D eigenvalue weighted by atomic mass is 10.0. The first-order chi connectivity index (χ1) is 18.0. The number of aromatic nitrogens is 6. The van der Waals surface area contributed by atoms with Crippen LogP contribution in [0, 0.1) is 11.7 Å². The number of nitrogens with zero attached hydrogens (tertiary/aromatic N) is 4. The third-order valence-electron chi connectivity index (χ3n) is 6.00. The van der Waals surface area contributed by atoms with Crippen LogP contribution in [-0.4, -0.2) is 36.0 Å². The third kappa shape index (κ3) is 4.22. The molecule has 0 aliphatic heterocycles. The summed E-state index contributed by atoms with van der Waals surface area (Å²) in [6, 6.07) is 8.47. The van der Waals surface area contributed by atoms with E-state index in [9.17, 15) is 4.79 Å². The standard InChI is InChI=1S/C27H22FN7O2/c1-14(2)7-23(36)31-17-8-16(11-29-12-17)18-9-19-22(10-20(18)28)34-35-25(19)27-32-21-3-5-30-24(26(21)33-27)15-4-6-37-13-15/h3-6,8-14H,7H2,1-2H3,(H,31,36)(H,32,33)(H,34,35). The van der Waals surface area contributed by atoms with E-state index in [1.165, 1.54) is 6.07 Å². The number of rotatable bonds is 6. The van der Waals surface area contributed by atoms with Crippen LogP contribution >= 0.6 is 0 Å². The number of imidazole rings is 1. The fourth-order valence-corrected chi connectivity index (χ4v) is 4.34. The molecule has 9 nitrogen and oxygen atoms in total. The van der Waals surface area contributed by atoms with Crippen molar-refractivity contribution in [1.82, 2.24) is 30.1 Å². The van der Waals surface area contributed by atoms with Gasteiger partial charge in [-0.15, -0.1) is 0 Å². The van der Waals surface area contributed by atoms with Crippen LogP contribution in [0.5, 0.6) is 0 Å². The zero-order valence-corrected chi connectivity index (χ0v) is 20.0. The number of furan rings is 1. The Labute approximate surface area is 210 Å². The molecule has 0 aliphatic rings. The van der Waals surface area contributed by atoms with Crippen molar-refractivity contribution in [2.75, 3.05) is 5.32 Å². The maximum atomic E-state index is 15.2. The molecule has 5 aromatic heterocycles. The van der Waals surface area contributed by atoms with Gasteiger partial charge in [-0.05, 0) is 30.2 Å². The van der Waals surface area contributed by atoms with Gasteiger partial charge in [0.2, 0.25) is 5.91 Å². The highest BCUT2D eigenvalue weighted by Crippen LogP contribution is 2.34. The van der Waals surface area contributed by atoms with Gasteiger partial charge < -0.3 is 14.7 Å². The molecule has 0 saturated heterocycles. The highest BCUT2D eigenvalue weighted by molar-refractivity contribution is 5.98. The molecular weight excluding hydrogens is 473 g/mol.